The van der Waals surface area contributed by atoms with Crippen LogP contribution in [0.2, 0.25) is 0 Å². The summed E-state index contributed by atoms with van der Waals surface area (Å²) in [5, 5.41) is 15.4. The molecule has 40 heavy (non-hydrogen) atoms. The van der Waals surface area contributed by atoms with E-state index in [0.717, 1.165) is 49.0 Å². The third-order valence-corrected chi connectivity index (χ3v) is 6.78. The van der Waals surface area contributed by atoms with Crippen LogP contribution < -0.4 is 4.74 Å². The first-order chi connectivity index (χ1) is 19.4. The third kappa shape index (κ3) is 5.52. The smallest absolute Gasteiger partial charge is 0.335 e. The highest BCUT2D eigenvalue weighted by molar-refractivity contribution is 6.09. The zero-order valence-electron chi connectivity index (χ0n) is 21.7. The van der Waals surface area contributed by atoms with E-state index >= 15 is 0 Å². The Morgan fingerprint density at radius 2 is 1.25 bits per heavy atom. The normalized spacial score (nSPS) is 10.9. The number of carbonyl (C=O) groups is 2. The van der Waals surface area contributed by atoms with E-state index in [9.17, 15) is 14.7 Å². The van der Waals surface area contributed by atoms with E-state index < -0.39 is 5.97 Å². The molecule has 0 unspecified atom stereocenters. The number of rotatable bonds is 7. The zero-order chi connectivity index (χ0) is 28.1. The summed E-state index contributed by atoms with van der Waals surface area (Å²) in [4.78, 5) is 22.2. The molecule has 0 bridgehead atoms. The van der Waals surface area contributed by atoms with Crippen molar-refractivity contribution in [3.05, 3.63) is 146 Å². The van der Waals surface area contributed by atoms with Crippen molar-refractivity contribution in [1.29, 1.82) is 0 Å². The quantitative estimate of drug-likeness (QED) is 0.132. The zero-order valence-corrected chi connectivity index (χ0v) is 21.7. The maximum absolute atomic E-state index is 11.4. The lowest BCUT2D eigenvalue weighted by Crippen LogP contribution is -1.95. The van der Waals surface area contributed by atoms with Gasteiger partial charge in [0.05, 0.1) is 5.57 Å². The minimum atomic E-state index is -1.08. The van der Waals surface area contributed by atoms with Crippen molar-refractivity contribution in [2.45, 2.75) is 0 Å². The predicted molar refractivity (Wildman–Crippen MR) is 164 cm³/mol. The molecule has 0 amide bonds. The van der Waals surface area contributed by atoms with Gasteiger partial charge in [0.1, 0.15) is 5.75 Å². The van der Waals surface area contributed by atoms with Crippen molar-refractivity contribution < 1.29 is 19.4 Å². The van der Waals surface area contributed by atoms with E-state index in [2.05, 4.69) is 61.7 Å². The van der Waals surface area contributed by atoms with E-state index in [4.69, 9.17) is 4.74 Å². The molecule has 1 N–H and O–H groups in total. The average Bonchev–Trinajstić information content (AvgIpc) is 2.97. The van der Waals surface area contributed by atoms with E-state index in [-0.39, 0.29) is 5.57 Å². The second-order valence-electron chi connectivity index (χ2n) is 9.30. The highest BCUT2D eigenvalue weighted by Gasteiger charge is 2.10. The number of carbonyl (C=O) groups excluding carboxylic acids is 1. The van der Waals surface area contributed by atoms with Crippen molar-refractivity contribution in [3.63, 3.8) is 0 Å². The Morgan fingerprint density at radius 1 is 0.675 bits per heavy atom. The molecule has 0 heterocycles. The van der Waals surface area contributed by atoms with Gasteiger partial charge >= 0.3 is 5.97 Å². The molecule has 0 aromatic heterocycles. The molecule has 0 aliphatic rings. The van der Waals surface area contributed by atoms with Gasteiger partial charge in [0.15, 0.2) is 0 Å². The summed E-state index contributed by atoms with van der Waals surface area (Å²) in [7, 11) is 0. The number of allylic oxidation sites excluding steroid dienone is 2. The van der Waals surface area contributed by atoms with Gasteiger partial charge in [-0.2, -0.15) is 0 Å². The largest absolute Gasteiger partial charge is 0.478 e. The van der Waals surface area contributed by atoms with Crippen LogP contribution >= 0.6 is 0 Å². The van der Waals surface area contributed by atoms with Crippen LogP contribution in [0.15, 0.2) is 140 Å². The molecule has 4 heteroatoms. The summed E-state index contributed by atoms with van der Waals surface area (Å²) in [6.45, 7) is 8.35. The Morgan fingerprint density at radius 3 is 1.85 bits per heavy atom. The topological polar surface area (TPSA) is 63.6 Å². The molecule has 0 aliphatic heterocycles. The van der Waals surface area contributed by atoms with Gasteiger partial charge in [-0.1, -0.05) is 104 Å². The lowest BCUT2D eigenvalue weighted by atomic mass is 9.92. The predicted octanol–water partition coefficient (Wildman–Crippen LogP) is 8.68. The minimum Gasteiger partial charge on any atom is -0.478 e. The summed E-state index contributed by atoms with van der Waals surface area (Å²) in [5.41, 5.74) is 3.37. The molecule has 5 aromatic carbocycles. The van der Waals surface area contributed by atoms with Gasteiger partial charge in [0, 0.05) is 0 Å². The Kier molecular flexibility index (Phi) is 7.52. The number of hydrogen-bond donors (Lipinski definition) is 1. The first-order valence-electron chi connectivity index (χ1n) is 12.7. The lowest BCUT2D eigenvalue weighted by Gasteiger charge is -2.12. The highest BCUT2D eigenvalue weighted by atomic mass is 16.5. The number of hydrogen-bond acceptors (Lipinski definition) is 3. The fourth-order valence-corrected chi connectivity index (χ4v) is 4.69. The van der Waals surface area contributed by atoms with Crippen LogP contribution in [0, 0.1) is 0 Å². The minimum absolute atomic E-state index is 0.0255. The Hall–Kier alpha value is -5.48. The molecule has 0 saturated carbocycles. The number of benzene rings is 4. The van der Waals surface area contributed by atoms with Gasteiger partial charge in [0.2, 0.25) is 0 Å². The maximum atomic E-state index is 11.4. The van der Waals surface area contributed by atoms with Crippen molar-refractivity contribution in [3.8, 4) is 16.9 Å². The molecule has 194 valence electrons. The molecule has 0 aliphatic carbocycles. The van der Waals surface area contributed by atoms with Crippen molar-refractivity contribution >= 4 is 50.3 Å². The van der Waals surface area contributed by atoms with Gasteiger partial charge in [-0.15, -0.1) is 0 Å². The van der Waals surface area contributed by atoms with Crippen LogP contribution in [0.1, 0.15) is 5.56 Å². The molecule has 4 nitrogen and oxygen atoms in total. The van der Waals surface area contributed by atoms with Crippen molar-refractivity contribution in [1.82, 2.24) is 0 Å². The van der Waals surface area contributed by atoms with E-state index in [1.165, 1.54) is 6.08 Å². The first kappa shape index (κ1) is 26.1. The average molecular weight is 523 g/mol. The molecule has 5 aromatic rings. The number of carboxylic acid groups (broad SMARTS) is 1. The molecule has 5 rings (SSSR count). The molecule has 0 spiro atoms. The van der Waals surface area contributed by atoms with Crippen LogP contribution in [0.4, 0.5) is 0 Å². The SMILES string of the molecule is C=C(/C=C\C(=C)c1ccc2ccccc2ccc(-c2ccc(OC=O)cc2)c2cc3ccccc3cc12)C(=O)O. The maximum Gasteiger partial charge on any atom is 0.335 e. The van der Waals surface area contributed by atoms with Gasteiger partial charge in [-0.25, -0.2) is 4.79 Å². The Balaban J connectivity index is 1.92. The first-order valence-corrected chi connectivity index (χ1v) is 12.7. The van der Waals surface area contributed by atoms with Crippen molar-refractivity contribution in [2.75, 3.05) is 0 Å². The Labute approximate surface area is 232 Å². The summed E-state index contributed by atoms with van der Waals surface area (Å²) < 4.78 is 5.03. The second kappa shape index (κ2) is 11.5. The summed E-state index contributed by atoms with van der Waals surface area (Å²) in [6, 6.07) is 36.2. The molecular weight excluding hydrogens is 496 g/mol. The molecule has 0 radical (unpaired) electrons. The van der Waals surface area contributed by atoms with E-state index in [1.807, 2.05) is 48.5 Å². The van der Waals surface area contributed by atoms with E-state index in [1.54, 1.807) is 18.2 Å². The fourth-order valence-electron chi connectivity index (χ4n) is 4.69. The standard InChI is InChI=1S/C36H26O4/c1-24(11-12-25(2)36(38)39)32-19-15-26-7-3-4-8-27(26)16-20-33(28-13-17-31(18-14-28)40-23-37)35-22-30-10-6-5-9-29(30)21-34(32)35/h3-23H,1-2H2,(H,38,39)/b12-11-,19-15?,20-16?,26-15?,27-16?,32-19?,33-20?,34-32?,35-33?. The molecule has 0 saturated heterocycles. The van der Waals surface area contributed by atoms with Gasteiger partial charge in [0.25, 0.3) is 6.47 Å². The molecule has 0 fully saturated rings. The number of aliphatic carboxylic acids is 1. The van der Waals surface area contributed by atoms with Gasteiger partial charge in [-0.3, -0.25) is 4.79 Å². The summed E-state index contributed by atoms with van der Waals surface area (Å²) in [6.07, 6.45) is 3.16. The molecule has 0 atom stereocenters. The summed E-state index contributed by atoms with van der Waals surface area (Å²) in [5.74, 6) is -0.627. The van der Waals surface area contributed by atoms with E-state index in [0.29, 0.717) is 17.8 Å². The number of ether oxygens (including phenoxy) is 1. The van der Waals surface area contributed by atoms with Crippen molar-refractivity contribution in [2.24, 2.45) is 0 Å². The number of carboxylic acids is 1. The van der Waals surface area contributed by atoms with Crippen LogP contribution in [0.25, 0.3) is 49.0 Å². The Bertz CT molecular complexity index is 1860. The monoisotopic (exact) mass is 522 g/mol. The third-order valence-electron chi connectivity index (χ3n) is 6.78. The highest BCUT2D eigenvalue weighted by Crippen LogP contribution is 2.35. The van der Waals surface area contributed by atoms with Crippen LogP contribution in [-0.4, -0.2) is 17.5 Å². The number of fused-ring (bicyclic) bond motifs is 3. The fraction of sp³-hybridized carbons (Fsp3) is 0. The molecular formula is C36H26O4. The van der Waals surface area contributed by atoms with Crippen LogP contribution in [0.5, 0.6) is 5.75 Å². The van der Waals surface area contributed by atoms with Crippen LogP contribution in [-0.2, 0) is 9.59 Å². The second-order valence-corrected chi connectivity index (χ2v) is 9.30. The van der Waals surface area contributed by atoms with Gasteiger partial charge in [-0.05, 0) is 84.9 Å². The van der Waals surface area contributed by atoms with Crippen LogP contribution in [0.3, 0.4) is 0 Å². The van der Waals surface area contributed by atoms with Gasteiger partial charge < -0.3 is 9.84 Å². The summed E-state index contributed by atoms with van der Waals surface area (Å²) >= 11 is 0. The lowest BCUT2D eigenvalue weighted by molar-refractivity contribution is -0.132.